The minimum Gasteiger partial charge on any atom is -0.352 e. The van der Waals surface area contributed by atoms with Crippen LogP contribution in [0.25, 0.3) is 0 Å². The van der Waals surface area contributed by atoms with E-state index in [1.165, 1.54) is 17.0 Å². The minimum atomic E-state index is -4.20. The SMILES string of the molecule is Cc1ccc(S(=O)(=O)N(CC(=O)N(Cc2cccc(C)c2)[C@@H](Cc2ccccc2)C(=O)NC(C)C)c2ccc(Cl)cc2C)cc1. The molecule has 4 aromatic rings. The maximum Gasteiger partial charge on any atom is 0.264 e. The van der Waals surface area contributed by atoms with Gasteiger partial charge in [0.1, 0.15) is 12.6 Å². The lowest BCUT2D eigenvalue weighted by molar-refractivity contribution is -0.140. The van der Waals surface area contributed by atoms with Gasteiger partial charge in [-0.15, -0.1) is 0 Å². The Morgan fingerprint density at radius 3 is 2.09 bits per heavy atom. The lowest BCUT2D eigenvalue weighted by atomic mass is 10.0. The van der Waals surface area contributed by atoms with E-state index in [2.05, 4.69) is 5.32 Å². The summed E-state index contributed by atoms with van der Waals surface area (Å²) in [6.45, 7) is 8.91. The third-order valence-corrected chi connectivity index (χ3v) is 9.46. The molecule has 4 rings (SSSR count). The van der Waals surface area contributed by atoms with Crippen molar-refractivity contribution < 1.29 is 18.0 Å². The van der Waals surface area contributed by atoms with Gasteiger partial charge >= 0.3 is 0 Å². The predicted octanol–water partition coefficient (Wildman–Crippen LogP) is 6.63. The molecule has 2 amide bonds. The number of nitrogens with one attached hydrogen (secondary N) is 1. The smallest absolute Gasteiger partial charge is 0.264 e. The van der Waals surface area contributed by atoms with Crippen molar-refractivity contribution in [2.24, 2.45) is 0 Å². The molecule has 0 aliphatic rings. The molecule has 0 aliphatic carbocycles. The number of halogens is 1. The van der Waals surface area contributed by atoms with Crippen LogP contribution in [-0.4, -0.2) is 43.8 Å². The van der Waals surface area contributed by atoms with Gasteiger partial charge in [-0.25, -0.2) is 8.42 Å². The number of rotatable bonds is 12. The monoisotopic (exact) mass is 645 g/mol. The molecule has 0 heterocycles. The van der Waals surface area contributed by atoms with Gasteiger partial charge in [0, 0.05) is 24.0 Å². The standard InChI is InChI=1S/C36H40ClN3O4S/c1-25(2)38-36(42)34(22-29-11-7-6-8-12-29)39(23-30-13-9-10-27(4)20-30)35(41)24-40(33-19-16-31(37)21-28(33)5)45(43,44)32-17-14-26(3)15-18-32/h6-21,25,34H,22-24H2,1-5H3,(H,38,42)/t34-/m0/s1. The van der Waals surface area contributed by atoms with Crippen LogP contribution in [0.5, 0.6) is 0 Å². The number of sulfonamides is 1. The summed E-state index contributed by atoms with van der Waals surface area (Å²) in [5, 5.41) is 3.43. The van der Waals surface area contributed by atoms with Gasteiger partial charge in [-0.1, -0.05) is 89.5 Å². The van der Waals surface area contributed by atoms with Crippen molar-refractivity contribution in [1.82, 2.24) is 10.2 Å². The predicted molar refractivity (Wildman–Crippen MR) is 181 cm³/mol. The summed E-state index contributed by atoms with van der Waals surface area (Å²) in [5.41, 5.74) is 4.54. The quantitative estimate of drug-likeness (QED) is 0.188. The minimum absolute atomic E-state index is 0.0545. The fraction of sp³-hybridized carbons (Fsp3) is 0.278. The van der Waals surface area contributed by atoms with Crippen LogP contribution >= 0.6 is 11.6 Å². The summed E-state index contributed by atoms with van der Waals surface area (Å²) in [4.78, 5) is 29.9. The van der Waals surface area contributed by atoms with Crippen molar-refractivity contribution in [3.63, 3.8) is 0 Å². The summed E-state index contributed by atoms with van der Waals surface area (Å²) in [7, 11) is -4.20. The highest BCUT2D eigenvalue weighted by Crippen LogP contribution is 2.30. The number of carbonyl (C=O) groups excluding carboxylic acids is 2. The molecule has 0 saturated carbocycles. The molecule has 7 nitrogen and oxygen atoms in total. The fourth-order valence-electron chi connectivity index (χ4n) is 5.19. The van der Waals surface area contributed by atoms with Crippen molar-refractivity contribution >= 4 is 39.1 Å². The van der Waals surface area contributed by atoms with E-state index in [1.54, 1.807) is 37.3 Å². The first-order chi connectivity index (χ1) is 21.3. The molecule has 236 valence electrons. The van der Waals surface area contributed by atoms with Crippen LogP contribution in [0, 0.1) is 20.8 Å². The van der Waals surface area contributed by atoms with Gasteiger partial charge in [0.2, 0.25) is 11.8 Å². The van der Waals surface area contributed by atoms with E-state index < -0.39 is 28.5 Å². The van der Waals surface area contributed by atoms with Crippen LogP contribution in [0.3, 0.4) is 0 Å². The number of nitrogens with zero attached hydrogens (tertiary/aromatic N) is 2. The summed E-state index contributed by atoms with van der Waals surface area (Å²) in [5.74, 6) is -0.827. The largest absolute Gasteiger partial charge is 0.352 e. The normalized spacial score (nSPS) is 12.1. The highest BCUT2D eigenvalue weighted by Gasteiger charge is 2.35. The molecule has 0 unspecified atom stereocenters. The van der Waals surface area contributed by atoms with Gasteiger partial charge in [0.05, 0.1) is 10.6 Å². The van der Waals surface area contributed by atoms with E-state index in [9.17, 15) is 18.0 Å². The Bertz CT molecular complexity index is 1740. The molecule has 0 aliphatic heterocycles. The van der Waals surface area contributed by atoms with E-state index in [-0.39, 0.29) is 29.8 Å². The first-order valence-corrected chi connectivity index (χ1v) is 16.7. The second kappa shape index (κ2) is 14.8. The Morgan fingerprint density at radius 1 is 0.800 bits per heavy atom. The summed E-state index contributed by atoms with van der Waals surface area (Å²) in [6, 6.07) is 27.5. The van der Waals surface area contributed by atoms with Crippen molar-refractivity contribution in [3.8, 4) is 0 Å². The molecule has 4 aromatic carbocycles. The van der Waals surface area contributed by atoms with Gasteiger partial charge in [-0.05, 0) is 81.6 Å². The number of anilines is 1. The van der Waals surface area contributed by atoms with Gasteiger partial charge < -0.3 is 10.2 Å². The highest BCUT2D eigenvalue weighted by molar-refractivity contribution is 7.92. The van der Waals surface area contributed by atoms with Crippen molar-refractivity contribution in [3.05, 3.63) is 130 Å². The van der Waals surface area contributed by atoms with Crippen molar-refractivity contribution in [1.29, 1.82) is 0 Å². The number of hydrogen-bond acceptors (Lipinski definition) is 4. The zero-order valence-corrected chi connectivity index (χ0v) is 27.9. The number of benzene rings is 4. The van der Waals surface area contributed by atoms with Crippen LogP contribution in [0.2, 0.25) is 5.02 Å². The molecular weight excluding hydrogens is 606 g/mol. The molecule has 0 radical (unpaired) electrons. The second-order valence-corrected chi connectivity index (χ2v) is 13.9. The first kappa shape index (κ1) is 33.7. The Hall–Kier alpha value is -4.14. The molecular formula is C36H40ClN3O4S. The van der Waals surface area contributed by atoms with E-state index in [4.69, 9.17) is 11.6 Å². The Morgan fingerprint density at radius 2 is 1.47 bits per heavy atom. The average molecular weight is 646 g/mol. The zero-order valence-electron chi connectivity index (χ0n) is 26.3. The van der Waals surface area contributed by atoms with Gasteiger partial charge in [0.15, 0.2) is 0 Å². The summed E-state index contributed by atoms with van der Waals surface area (Å²) in [6.07, 6.45) is 0.252. The second-order valence-electron chi connectivity index (χ2n) is 11.6. The van der Waals surface area contributed by atoms with Gasteiger partial charge in [-0.2, -0.15) is 0 Å². The van der Waals surface area contributed by atoms with Gasteiger partial charge in [0.25, 0.3) is 10.0 Å². The van der Waals surface area contributed by atoms with Crippen LogP contribution in [0.4, 0.5) is 5.69 Å². The molecule has 0 spiro atoms. The number of hydrogen-bond donors (Lipinski definition) is 1. The Balaban J connectivity index is 1.83. The molecule has 9 heteroatoms. The van der Waals surface area contributed by atoms with Crippen LogP contribution in [0.1, 0.15) is 41.7 Å². The fourth-order valence-corrected chi connectivity index (χ4v) is 6.90. The molecule has 1 N–H and O–H groups in total. The topological polar surface area (TPSA) is 86.8 Å². The molecule has 0 bridgehead atoms. The average Bonchev–Trinajstić information content (AvgIpc) is 2.98. The third-order valence-electron chi connectivity index (χ3n) is 7.45. The number of carbonyl (C=O) groups is 2. The molecule has 1 atom stereocenters. The summed E-state index contributed by atoms with van der Waals surface area (Å²) >= 11 is 6.24. The van der Waals surface area contributed by atoms with Gasteiger partial charge in [-0.3, -0.25) is 13.9 Å². The summed E-state index contributed by atoms with van der Waals surface area (Å²) < 4.78 is 29.6. The van der Waals surface area contributed by atoms with Crippen molar-refractivity contribution in [2.45, 2.75) is 64.6 Å². The van der Waals surface area contributed by atoms with Crippen LogP contribution in [-0.2, 0) is 32.6 Å². The van der Waals surface area contributed by atoms with Crippen LogP contribution < -0.4 is 9.62 Å². The lowest BCUT2D eigenvalue weighted by Gasteiger charge is -2.34. The van der Waals surface area contributed by atoms with E-state index in [0.717, 1.165) is 26.6 Å². The molecule has 45 heavy (non-hydrogen) atoms. The van der Waals surface area contributed by atoms with Crippen LogP contribution in [0.15, 0.2) is 102 Å². The molecule has 0 aromatic heterocycles. The third kappa shape index (κ3) is 8.74. The highest BCUT2D eigenvalue weighted by atomic mass is 35.5. The lowest BCUT2D eigenvalue weighted by Crippen LogP contribution is -2.54. The van der Waals surface area contributed by atoms with E-state index in [0.29, 0.717) is 16.3 Å². The van der Waals surface area contributed by atoms with E-state index in [1.807, 2.05) is 82.3 Å². The maximum atomic E-state index is 14.6. The Kier molecular flexibility index (Phi) is 11.1. The first-order valence-electron chi connectivity index (χ1n) is 14.9. The Labute approximate surface area is 271 Å². The molecule has 0 saturated heterocycles. The van der Waals surface area contributed by atoms with E-state index >= 15 is 0 Å². The molecule has 0 fully saturated rings. The zero-order chi connectivity index (χ0) is 32.7. The van der Waals surface area contributed by atoms with Crippen molar-refractivity contribution in [2.75, 3.05) is 10.8 Å². The number of aryl methyl sites for hydroxylation is 3. The number of amides is 2. The maximum absolute atomic E-state index is 14.6.